The van der Waals surface area contributed by atoms with Gasteiger partial charge in [0.25, 0.3) is 0 Å². The first-order valence-electron chi connectivity index (χ1n) is 8.90. The van der Waals surface area contributed by atoms with Crippen molar-refractivity contribution < 1.29 is 0 Å². The van der Waals surface area contributed by atoms with E-state index in [2.05, 4.69) is 46.6 Å². The van der Waals surface area contributed by atoms with Crippen molar-refractivity contribution in [3.05, 3.63) is 66.3 Å². The van der Waals surface area contributed by atoms with Gasteiger partial charge in [-0.25, -0.2) is 9.50 Å². The lowest BCUT2D eigenvalue weighted by Gasteiger charge is -2.14. The third-order valence-electron chi connectivity index (χ3n) is 4.94. The number of pyridine rings is 1. The number of aromatic nitrogens is 4. The van der Waals surface area contributed by atoms with Crippen LogP contribution < -0.4 is 5.32 Å². The number of benzene rings is 1. The molecule has 5 nitrogen and oxygen atoms in total. The van der Waals surface area contributed by atoms with Crippen LogP contribution in [0.2, 0.25) is 0 Å². The first-order valence-corrected chi connectivity index (χ1v) is 8.90. The van der Waals surface area contributed by atoms with Crippen molar-refractivity contribution in [2.45, 2.75) is 13.3 Å². The second-order valence-electron chi connectivity index (χ2n) is 6.68. The first kappa shape index (κ1) is 15.2. The summed E-state index contributed by atoms with van der Waals surface area (Å²) in [6.45, 7) is 3.98. The molecular formula is C21H19N5. The molecule has 0 aliphatic carbocycles. The monoisotopic (exact) mass is 341 g/mol. The van der Waals surface area contributed by atoms with Gasteiger partial charge in [0.15, 0.2) is 5.65 Å². The van der Waals surface area contributed by atoms with Crippen molar-refractivity contribution in [1.82, 2.24) is 24.9 Å². The second-order valence-corrected chi connectivity index (χ2v) is 6.68. The molecule has 4 heterocycles. The zero-order valence-electron chi connectivity index (χ0n) is 14.6. The highest BCUT2D eigenvalue weighted by atomic mass is 15.3. The summed E-state index contributed by atoms with van der Waals surface area (Å²) in [5.41, 5.74) is 7.38. The Kier molecular flexibility index (Phi) is 3.53. The van der Waals surface area contributed by atoms with Crippen molar-refractivity contribution in [2.75, 3.05) is 13.1 Å². The maximum atomic E-state index is 4.95. The van der Waals surface area contributed by atoms with Crippen molar-refractivity contribution >= 4 is 22.1 Å². The van der Waals surface area contributed by atoms with Gasteiger partial charge in [0.05, 0.1) is 17.4 Å². The highest BCUT2D eigenvalue weighted by molar-refractivity contribution is 5.87. The van der Waals surface area contributed by atoms with Crippen LogP contribution in [0.15, 0.2) is 54.9 Å². The van der Waals surface area contributed by atoms with Crippen LogP contribution in [0.3, 0.4) is 0 Å². The SMILES string of the molecule is Cc1cc(C2=CCNCC2)nc2c(-c3cnc4ccccc4c3)cnn12. The summed E-state index contributed by atoms with van der Waals surface area (Å²) in [6.07, 6.45) is 7.04. The van der Waals surface area contributed by atoms with Gasteiger partial charge in [0.2, 0.25) is 0 Å². The number of hydrogen-bond donors (Lipinski definition) is 1. The van der Waals surface area contributed by atoms with E-state index in [1.165, 1.54) is 5.57 Å². The van der Waals surface area contributed by atoms with Gasteiger partial charge in [-0.05, 0) is 43.7 Å². The summed E-state index contributed by atoms with van der Waals surface area (Å²) in [5, 5.41) is 9.03. The molecule has 0 unspecified atom stereocenters. The Morgan fingerprint density at radius 2 is 2.04 bits per heavy atom. The van der Waals surface area contributed by atoms with Gasteiger partial charge < -0.3 is 5.32 Å². The predicted molar refractivity (Wildman–Crippen MR) is 104 cm³/mol. The third-order valence-corrected chi connectivity index (χ3v) is 4.94. The lowest BCUT2D eigenvalue weighted by atomic mass is 10.0. The number of aryl methyl sites for hydroxylation is 1. The Morgan fingerprint density at radius 1 is 1.12 bits per heavy atom. The summed E-state index contributed by atoms with van der Waals surface area (Å²) in [5.74, 6) is 0. The van der Waals surface area contributed by atoms with Gasteiger partial charge in [-0.3, -0.25) is 4.98 Å². The average Bonchev–Trinajstić information content (AvgIpc) is 3.13. The summed E-state index contributed by atoms with van der Waals surface area (Å²) in [6, 6.07) is 12.4. The molecule has 5 heteroatoms. The topological polar surface area (TPSA) is 55.1 Å². The largest absolute Gasteiger partial charge is 0.313 e. The molecule has 3 aromatic heterocycles. The number of rotatable bonds is 2. The van der Waals surface area contributed by atoms with E-state index < -0.39 is 0 Å². The first-order chi connectivity index (χ1) is 12.8. The van der Waals surface area contributed by atoms with E-state index >= 15 is 0 Å². The third kappa shape index (κ3) is 2.48. The minimum absolute atomic E-state index is 0.886. The Morgan fingerprint density at radius 3 is 2.92 bits per heavy atom. The van der Waals surface area contributed by atoms with Crippen molar-refractivity contribution in [3.63, 3.8) is 0 Å². The van der Waals surface area contributed by atoms with Crippen molar-refractivity contribution in [1.29, 1.82) is 0 Å². The molecule has 128 valence electrons. The second kappa shape index (κ2) is 6.04. The molecule has 1 aliphatic rings. The highest BCUT2D eigenvalue weighted by Gasteiger charge is 2.15. The summed E-state index contributed by atoms with van der Waals surface area (Å²) in [4.78, 5) is 9.55. The van der Waals surface area contributed by atoms with Crippen LogP contribution in [0.25, 0.3) is 33.3 Å². The molecule has 1 aliphatic heterocycles. The van der Waals surface area contributed by atoms with E-state index in [1.807, 2.05) is 35.1 Å². The van der Waals surface area contributed by atoms with Gasteiger partial charge in [0, 0.05) is 34.9 Å². The molecule has 1 aromatic carbocycles. The minimum Gasteiger partial charge on any atom is -0.313 e. The van der Waals surface area contributed by atoms with E-state index in [-0.39, 0.29) is 0 Å². The van der Waals surface area contributed by atoms with Crippen LogP contribution in [-0.4, -0.2) is 32.7 Å². The van der Waals surface area contributed by atoms with E-state index in [0.717, 1.165) is 58.6 Å². The summed E-state index contributed by atoms with van der Waals surface area (Å²) < 4.78 is 1.91. The van der Waals surface area contributed by atoms with Gasteiger partial charge >= 0.3 is 0 Å². The van der Waals surface area contributed by atoms with E-state index in [0.29, 0.717) is 0 Å². The molecule has 0 spiro atoms. The fraction of sp³-hybridized carbons (Fsp3) is 0.190. The molecule has 4 aromatic rings. The quantitative estimate of drug-likeness (QED) is 0.605. The molecule has 0 atom stereocenters. The standard InChI is InChI=1S/C21H19N5/c1-14-10-20(15-6-8-22-9-7-15)25-21-18(13-24-26(14)21)17-11-16-4-2-3-5-19(16)23-12-17/h2-6,10-13,22H,7-9H2,1H3. The number of fused-ring (bicyclic) bond motifs is 2. The van der Waals surface area contributed by atoms with E-state index in [9.17, 15) is 0 Å². The minimum atomic E-state index is 0.886. The Labute approximate surface area is 151 Å². The van der Waals surface area contributed by atoms with Crippen LogP contribution in [0.5, 0.6) is 0 Å². The van der Waals surface area contributed by atoms with Crippen LogP contribution in [0.4, 0.5) is 0 Å². The zero-order valence-corrected chi connectivity index (χ0v) is 14.6. The maximum Gasteiger partial charge on any atom is 0.163 e. The van der Waals surface area contributed by atoms with Crippen LogP contribution >= 0.6 is 0 Å². The lowest BCUT2D eigenvalue weighted by molar-refractivity contribution is 0.736. The fourth-order valence-electron chi connectivity index (χ4n) is 3.55. The molecule has 0 saturated carbocycles. The Bertz CT molecular complexity index is 1160. The Hall–Kier alpha value is -3.05. The van der Waals surface area contributed by atoms with Crippen LogP contribution in [0, 0.1) is 6.92 Å². The molecule has 0 bridgehead atoms. The van der Waals surface area contributed by atoms with Gasteiger partial charge in [-0.15, -0.1) is 0 Å². The normalized spacial score (nSPS) is 14.7. The van der Waals surface area contributed by atoms with Crippen LogP contribution in [-0.2, 0) is 0 Å². The molecule has 26 heavy (non-hydrogen) atoms. The number of hydrogen-bond acceptors (Lipinski definition) is 4. The lowest BCUT2D eigenvalue weighted by Crippen LogP contribution is -2.20. The molecule has 0 saturated heterocycles. The average molecular weight is 341 g/mol. The van der Waals surface area contributed by atoms with Crippen molar-refractivity contribution in [3.8, 4) is 11.1 Å². The molecule has 5 rings (SSSR count). The highest BCUT2D eigenvalue weighted by Crippen LogP contribution is 2.28. The molecule has 0 fully saturated rings. The summed E-state index contributed by atoms with van der Waals surface area (Å²) in [7, 11) is 0. The molecule has 0 radical (unpaired) electrons. The molecule has 0 amide bonds. The molecule has 1 N–H and O–H groups in total. The van der Waals surface area contributed by atoms with E-state index in [1.54, 1.807) is 0 Å². The number of para-hydroxylation sites is 1. The zero-order chi connectivity index (χ0) is 17.5. The van der Waals surface area contributed by atoms with Crippen LogP contribution in [0.1, 0.15) is 17.8 Å². The number of nitrogens with zero attached hydrogens (tertiary/aromatic N) is 4. The smallest absolute Gasteiger partial charge is 0.163 e. The Balaban J connectivity index is 1.69. The number of nitrogens with one attached hydrogen (secondary N) is 1. The van der Waals surface area contributed by atoms with Gasteiger partial charge in [0.1, 0.15) is 0 Å². The predicted octanol–water partition coefficient (Wildman–Crippen LogP) is 3.63. The fourth-order valence-corrected chi connectivity index (χ4v) is 3.55. The van der Waals surface area contributed by atoms with E-state index in [4.69, 9.17) is 4.98 Å². The van der Waals surface area contributed by atoms with Gasteiger partial charge in [-0.2, -0.15) is 5.10 Å². The maximum absolute atomic E-state index is 4.95. The summed E-state index contributed by atoms with van der Waals surface area (Å²) >= 11 is 0. The van der Waals surface area contributed by atoms with Gasteiger partial charge in [-0.1, -0.05) is 24.3 Å². The van der Waals surface area contributed by atoms with Crippen molar-refractivity contribution in [2.24, 2.45) is 0 Å². The molecular weight excluding hydrogens is 322 g/mol.